The molecule has 25 heavy (non-hydrogen) atoms. The summed E-state index contributed by atoms with van der Waals surface area (Å²) >= 11 is 0. The Kier molecular flexibility index (Phi) is 4.55. The molecule has 0 fully saturated rings. The summed E-state index contributed by atoms with van der Waals surface area (Å²) in [6.07, 6.45) is 1.50. The van der Waals surface area contributed by atoms with E-state index in [1.54, 1.807) is 25.1 Å². The number of nitrogens with one attached hydrogen (secondary N) is 1. The van der Waals surface area contributed by atoms with Gasteiger partial charge in [0.1, 0.15) is 16.3 Å². The average Bonchev–Trinajstić information content (AvgIpc) is 3.19. The van der Waals surface area contributed by atoms with E-state index >= 15 is 0 Å². The van der Waals surface area contributed by atoms with E-state index in [1.807, 2.05) is 0 Å². The fourth-order valence-electron chi connectivity index (χ4n) is 2.38. The highest BCUT2D eigenvalue weighted by molar-refractivity contribution is 7.89. The molecule has 0 atom stereocenters. The van der Waals surface area contributed by atoms with Crippen LogP contribution in [0.5, 0.6) is 0 Å². The monoisotopic (exact) mass is 364 g/mol. The van der Waals surface area contributed by atoms with E-state index in [0.717, 1.165) is 0 Å². The first-order valence-corrected chi connectivity index (χ1v) is 8.91. The summed E-state index contributed by atoms with van der Waals surface area (Å²) in [5.74, 6) is 0.727. The number of hydrogen-bond donors (Lipinski definition) is 1. The van der Waals surface area contributed by atoms with Crippen LogP contribution in [0, 0.1) is 13.8 Å². The molecule has 3 aromatic heterocycles. The summed E-state index contributed by atoms with van der Waals surface area (Å²) in [4.78, 5) is 11.9. The Balaban J connectivity index is 1.74. The van der Waals surface area contributed by atoms with Gasteiger partial charge in [-0.3, -0.25) is 4.79 Å². The molecule has 3 heterocycles. The van der Waals surface area contributed by atoms with Crippen molar-refractivity contribution in [3.63, 3.8) is 0 Å². The second-order valence-electron chi connectivity index (χ2n) is 5.31. The van der Waals surface area contributed by atoms with E-state index in [9.17, 15) is 13.2 Å². The molecule has 0 aliphatic carbocycles. The Labute approximate surface area is 143 Å². The number of hydrogen-bond acceptors (Lipinski definition) is 7. The molecule has 0 aromatic carbocycles. The van der Waals surface area contributed by atoms with Gasteiger partial charge in [-0.2, -0.15) is 5.10 Å². The molecule has 0 aliphatic rings. The molecule has 10 heteroatoms. The van der Waals surface area contributed by atoms with Crippen molar-refractivity contribution >= 4 is 10.0 Å². The molecule has 3 rings (SSSR count). The van der Waals surface area contributed by atoms with Gasteiger partial charge in [-0.15, -0.1) is 0 Å². The summed E-state index contributed by atoms with van der Waals surface area (Å²) in [5.41, 5.74) is 0.421. The van der Waals surface area contributed by atoms with E-state index in [0.29, 0.717) is 11.5 Å². The van der Waals surface area contributed by atoms with Gasteiger partial charge in [-0.1, -0.05) is 5.16 Å². The van der Waals surface area contributed by atoms with E-state index < -0.39 is 10.0 Å². The van der Waals surface area contributed by atoms with Crippen molar-refractivity contribution < 1.29 is 17.4 Å². The van der Waals surface area contributed by atoms with Gasteiger partial charge in [-0.05, 0) is 32.0 Å². The molecule has 1 N–H and O–H groups in total. The van der Waals surface area contributed by atoms with Crippen LogP contribution in [0.15, 0.2) is 49.2 Å². The van der Waals surface area contributed by atoms with Crippen molar-refractivity contribution in [3.8, 4) is 11.5 Å². The van der Waals surface area contributed by atoms with Gasteiger partial charge in [-0.25, -0.2) is 17.8 Å². The lowest BCUT2D eigenvalue weighted by Gasteiger charge is -2.08. The smallest absolute Gasteiger partial charge is 0.266 e. The molecule has 9 nitrogen and oxygen atoms in total. The predicted molar refractivity (Wildman–Crippen MR) is 87.4 cm³/mol. The highest BCUT2D eigenvalue weighted by Gasteiger charge is 2.23. The van der Waals surface area contributed by atoms with Crippen LogP contribution in [0.4, 0.5) is 0 Å². The Morgan fingerprint density at radius 2 is 2.04 bits per heavy atom. The van der Waals surface area contributed by atoms with E-state index in [4.69, 9.17) is 8.94 Å². The molecule has 0 saturated carbocycles. The molecule has 0 spiro atoms. The van der Waals surface area contributed by atoms with Gasteiger partial charge in [0.25, 0.3) is 5.56 Å². The first kappa shape index (κ1) is 17.1. The zero-order chi connectivity index (χ0) is 18.0. The number of rotatable bonds is 6. The maximum atomic E-state index is 12.3. The Morgan fingerprint density at radius 3 is 2.68 bits per heavy atom. The van der Waals surface area contributed by atoms with Crippen molar-refractivity contribution in [1.29, 1.82) is 0 Å². The van der Waals surface area contributed by atoms with Crippen molar-refractivity contribution in [2.24, 2.45) is 0 Å². The van der Waals surface area contributed by atoms with Crippen LogP contribution in [-0.2, 0) is 16.6 Å². The zero-order valence-corrected chi connectivity index (χ0v) is 14.4. The highest BCUT2D eigenvalue weighted by Crippen LogP contribution is 2.18. The third-order valence-electron chi connectivity index (χ3n) is 3.49. The van der Waals surface area contributed by atoms with Gasteiger partial charge < -0.3 is 8.94 Å². The van der Waals surface area contributed by atoms with Crippen LogP contribution < -0.4 is 10.3 Å². The topological polar surface area (TPSA) is 120 Å². The predicted octanol–water partition coefficient (Wildman–Crippen LogP) is 1.09. The van der Waals surface area contributed by atoms with Crippen molar-refractivity contribution in [2.75, 3.05) is 6.54 Å². The number of aryl methyl sites for hydroxylation is 2. The molecule has 0 unspecified atom stereocenters. The van der Waals surface area contributed by atoms with Gasteiger partial charge in [0, 0.05) is 12.6 Å². The fraction of sp³-hybridized carbons (Fsp3) is 0.267. The Bertz CT molecular complexity index is 1010. The Morgan fingerprint density at radius 1 is 1.24 bits per heavy atom. The van der Waals surface area contributed by atoms with E-state index in [2.05, 4.69) is 15.0 Å². The van der Waals surface area contributed by atoms with E-state index in [-0.39, 0.29) is 35.0 Å². The molecule has 0 amide bonds. The third-order valence-corrected chi connectivity index (χ3v) is 5.20. The molecule has 0 aliphatic heterocycles. The van der Waals surface area contributed by atoms with Gasteiger partial charge in [0.15, 0.2) is 11.5 Å². The number of furan rings is 1. The molecular formula is C15H16N4O5S. The fourth-order valence-corrected chi connectivity index (χ4v) is 3.73. The minimum Gasteiger partial charge on any atom is -0.463 e. The summed E-state index contributed by atoms with van der Waals surface area (Å²) in [6.45, 7) is 3.12. The lowest BCUT2D eigenvalue weighted by molar-refractivity contribution is 0.390. The average molecular weight is 364 g/mol. The largest absolute Gasteiger partial charge is 0.463 e. The molecule has 0 saturated heterocycles. The first-order chi connectivity index (χ1) is 11.9. The van der Waals surface area contributed by atoms with Gasteiger partial charge in [0.05, 0.1) is 12.8 Å². The van der Waals surface area contributed by atoms with Gasteiger partial charge >= 0.3 is 0 Å². The van der Waals surface area contributed by atoms with Crippen LogP contribution >= 0.6 is 0 Å². The second kappa shape index (κ2) is 6.65. The first-order valence-electron chi connectivity index (χ1n) is 7.43. The number of nitrogens with zero attached hydrogens (tertiary/aromatic N) is 3. The van der Waals surface area contributed by atoms with Crippen LogP contribution in [0.3, 0.4) is 0 Å². The van der Waals surface area contributed by atoms with E-state index in [1.165, 1.54) is 23.9 Å². The van der Waals surface area contributed by atoms with Crippen LogP contribution in [0.2, 0.25) is 0 Å². The van der Waals surface area contributed by atoms with Crippen molar-refractivity contribution in [1.82, 2.24) is 19.7 Å². The SMILES string of the molecule is Cc1noc(C)c1S(=O)(=O)NCCn1nc(-c2ccco2)ccc1=O. The minimum absolute atomic E-state index is 0.0112. The molecular weight excluding hydrogens is 348 g/mol. The van der Waals surface area contributed by atoms with Crippen molar-refractivity contribution in [3.05, 3.63) is 52.3 Å². The third kappa shape index (κ3) is 3.54. The lowest BCUT2D eigenvalue weighted by atomic mass is 10.3. The van der Waals surface area contributed by atoms with Crippen LogP contribution in [0.1, 0.15) is 11.5 Å². The van der Waals surface area contributed by atoms with Crippen molar-refractivity contribution in [2.45, 2.75) is 25.3 Å². The number of sulfonamides is 1. The number of aromatic nitrogens is 3. The lowest BCUT2D eigenvalue weighted by Crippen LogP contribution is -2.32. The summed E-state index contributed by atoms with van der Waals surface area (Å²) in [7, 11) is -3.78. The zero-order valence-electron chi connectivity index (χ0n) is 13.6. The minimum atomic E-state index is -3.78. The molecule has 0 bridgehead atoms. The normalized spacial score (nSPS) is 11.8. The van der Waals surface area contributed by atoms with Crippen LogP contribution in [0.25, 0.3) is 11.5 Å². The highest BCUT2D eigenvalue weighted by atomic mass is 32.2. The maximum absolute atomic E-state index is 12.3. The summed E-state index contributed by atoms with van der Waals surface area (Å²) in [5, 5.41) is 7.81. The second-order valence-corrected chi connectivity index (χ2v) is 7.01. The van der Waals surface area contributed by atoms with Crippen LogP contribution in [-0.4, -0.2) is 29.9 Å². The molecule has 3 aromatic rings. The Hall–Kier alpha value is -2.72. The standard InChI is InChI=1S/C15H16N4O5S/c1-10-15(11(2)24-18-10)25(21,22)16-7-8-19-14(20)6-5-12(17-19)13-4-3-9-23-13/h3-6,9,16H,7-8H2,1-2H3. The molecule has 0 radical (unpaired) electrons. The summed E-state index contributed by atoms with van der Waals surface area (Å²) < 4.78 is 38.4. The van der Waals surface area contributed by atoms with Gasteiger partial charge in [0.2, 0.25) is 10.0 Å². The maximum Gasteiger partial charge on any atom is 0.266 e. The molecule has 132 valence electrons. The quantitative estimate of drug-likeness (QED) is 0.695. The summed E-state index contributed by atoms with van der Waals surface area (Å²) in [6, 6.07) is 6.33.